The van der Waals surface area contributed by atoms with Crippen molar-refractivity contribution >= 4 is 23.4 Å². The van der Waals surface area contributed by atoms with Crippen molar-refractivity contribution < 1.29 is 14.3 Å². The highest BCUT2D eigenvalue weighted by Crippen LogP contribution is 2.19. The van der Waals surface area contributed by atoms with E-state index in [0.717, 1.165) is 22.4 Å². The largest absolute Gasteiger partial charge is 0.493 e. The Labute approximate surface area is 152 Å². The zero-order valence-corrected chi connectivity index (χ0v) is 15.0. The maximum absolute atomic E-state index is 11.8. The van der Waals surface area contributed by atoms with Crippen LogP contribution in [0.3, 0.4) is 0 Å². The minimum absolute atomic E-state index is 0.147. The molecule has 0 heterocycles. The SMILES string of the molecule is Cc1ccc(C)c(OCCC(=O)NNC(=O)Cc2ccc(Cl)cc2)c1. The number of aryl methyl sites for hydroxylation is 2. The number of hydrogen-bond acceptors (Lipinski definition) is 3. The molecule has 0 aromatic heterocycles. The molecule has 0 bridgehead atoms. The lowest BCUT2D eigenvalue weighted by Crippen LogP contribution is -2.42. The number of halogens is 1. The van der Waals surface area contributed by atoms with E-state index in [9.17, 15) is 9.59 Å². The normalized spacial score (nSPS) is 10.2. The molecule has 0 saturated carbocycles. The van der Waals surface area contributed by atoms with Crippen LogP contribution in [0.5, 0.6) is 5.75 Å². The highest BCUT2D eigenvalue weighted by atomic mass is 35.5. The number of amides is 2. The summed E-state index contributed by atoms with van der Waals surface area (Å²) in [5.74, 6) is 0.153. The predicted octanol–water partition coefficient (Wildman–Crippen LogP) is 3.12. The van der Waals surface area contributed by atoms with E-state index in [0.29, 0.717) is 5.02 Å². The molecule has 132 valence electrons. The van der Waals surface area contributed by atoms with Gasteiger partial charge in [0.2, 0.25) is 11.8 Å². The Hall–Kier alpha value is -2.53. The third kappa shape index (κ3) is 6.47. The molecular formula is C19H21ClN2O3. The van der Waals surface area contributed by atoms with Crippen molar-refractivity contribution in [3.63, 3.8) is 0 Å². The minimum Gasteiger partial charge on any atom is -0.493 e. The number of ether oxygens (including phenoxy) is 1. The van der Waals surface area contributed by atoms with Gasteiger partial charge >= 0.3 is 0 Å². The molecule has 0 unspecified atom stereocenters. The number of carbonyl (C=O) groups is 2. The predicted molar refractivity (Wildman–Crippen MR) is 97.5 cm³/mol. The van der Waals surface area contributed by atoms with Crippen molar-refractivity contribution in [1.82, 2.24) is 10.9 Å². The second-order valence-electron chi connectivity index (χ2n) is 5.77. The maximum Gasteiger partial charge on any atom is 0.242 e. The van der Waals surface area contributed by atoms with Gasteiger partial charge in [-0.2, -0.15) is 0 Å². The molecule has 0 atom stereocenters. The first-order chi connectivity index (χ1) is 11.9. The van der Waals surface area contributed by atoms with Gasteiger partial charge in [0.05, 0.1) is 19.4 Å². The maximum atomic E-state index is 11.8. The Bertz CT molecular complexity index is 745. The van der Waals surface area contributed by atoms with Crippen LogP contribution in [0.15, 0.2) is 42.5 Å². The van der Waals surface area contributed by atoms with Crippen molar-refractivity contribution in [3.8, 4) is 5.75 Å². The fourth-order valence-electron chi connectivity index (χ4n) is 2.15. The molecule has 0 aliphatic carbocycles. The van der Waals surface area contributed by atoms with Crippen LogP contribution in [0, 0.1) is 13.8 Å². The van der Waals surface area contributed by atoms with Crippen LogP contribution in [-0.2, 0) is 16.0 Å². The number of benzene rings is 2. The fourth-order valence-corrected chi connectivity index (χ4v) is 2.28. The highest BCUT2D eigenvalue weighted by Gasteiger charge is 2.07. The standard InChI is InChI=1S/C19H21ClN2O3/c1-13-3-4-14(2)17(11-13)25-10-9-18(23)21-22-19(24)12-15-5-7-16(20)8-6-15/h3-8,11H,9-10,12H2,1-2H3,(H,21,23)(H,22,24). The van der Waals surface area contributed by atoms with Crippen molar-refractivity contribution in [2.45, 2.75) is 26.7 Å². The van der Waals surface area contributed by atoms with Gasteiger partial charge in [-0.3, -0.25) is 20.4 Å². The first kappa shape index (κ1) is 18.8. The van der Waals surface area contributed by atoms with E-state index in [2.05, 4.69) is 10.9 Å². The Kier molecular flexibility index (Phi) is 6.83. The van der Waals surface area contributed by atoms with Gasteiger partial charge in [0, 0.05) is 5.02 Å². The van der Waals surface area contributed by atoms with Crippen LogP contribution in [0.1, 0.15) is 23.1 Å². The quantitative estimate of drug-likeness (QED) is 0.778. The molecule has 0 aliphatic rings. The summed E-state index contributed by atoms with van der Waals surface area (Å²) >= 11 is 5.79. The number of nitrogens with one attached hydrogen (secondary N) is 2. The molecule has 25 heavy (non-hydrogen) atoms. The van der Waals surface area contributed by atoms with Gasteiger partial charge < -0.3 is 4.74 Å². The van der Waals surface area contributed by atoms with Crippen LogP contribution in [0.25, 0.3) is 0 Å². The number of carbonyl (C=O) groups excluding carboxylic acids is 2. The molecule has 5 nitrogen and oxygen atoms in total. The highest BCUT2D eigenvalue weighted by molar-refractivity contribution is 6.30. The summed E-state index contributed by atoms with van der Waals surface area (Å²) in [5.41, 5.74) is 7.70. The van der Waals surface area contributed by atoms with Gasteiger partial charge in [-0.25, -0.2) is 0 Å². The molecule has 6 heteroatoms. The van der Waals surface area contributed by atoms with E-state index < -0.39 is 0 Å². The number of hydrogen-bond donors (Lipinski definition) is 2. The molecule has 0 fully saturated rings. The molecule has 0 spiro atoms. The summed E-state index contributed by atoms with van der Waals surface area (Å²) in [5, 5.41) is 0.612. The molecule has 2 amide bonds. The van der Waals surface area contributed by atoms with Crippen molar-refractivity contribution in [2.75, 3.05) is 6.61 Å². The molecule has 2 aromatic rings. The van der Waals surface area contributed by atoms with Crippen LogP contribution >= 0.6 is 11.6 Å². The van der Waals surface area contributed by atoms with Gasteiger partial charge in [-0.1, -0.05) is 35.9 Å². The second kappa shape index (κ2) is 9.08. The van der Waals surface area contributed by atoms with Gasteiger partial charge in [0.15, 0.2) is 0 Å². The summed E-state index contributed by atoms with van der Waals surface area (Å²) in [6.07, 6.45) is 0.311. The topological polar surface area (TPSA) is 67.4 Å². The van der Waals surface area contributed by atoms with E-state index >= 15 is 0 Å². The lowest BCUT2D eigenvalue weighted by molar-refractivity contribution is -0.128. The number of hydrazine groups is 1. The first-order valence-electron chi connectivity index (χ1n) is 7.96. The van der Waals surface area contributed by atoms with Crippen molar-refractivity contribution in [3.05, 3.63) is 64.2 Å². The van der Waals surface area contributed by atoms with E-state index in [4.69, 9.17) is 16.3 Å². The molecule has 2 rings (SSSR count). The summed E-state index contributed by atoms with van der Waals surface area (Å²) < 4.78 is 5.62. The monoisotopic (exact) mass is 360 g/mol. The Morgan fingerprint density at radius 2 is 1.68 bits per heavy atom. The van der Waals surface area contributed by atoms with Crippen LogP contribution < -0.4 is 15.6 Å². The molecular weight excluding hydrogens is 340 g/mol. The lowest BCUT2D eigenvalue weighted by atomic mass is 10.1. The minimum atomic E-state index is -0.310. The molecule has 0 aliphatic heterocycles. The molecule has 0 saturated heterocycles. The fraction of sp³-hybridized carbons (Fsp3) is 0.263. The van der Waals surface area contributed by atoms with E-state index in [1.54, 1.807) is 24.3 Å². The zero-order valence-electron chi connectivity index (χ0n) is 14.3. The van der Waals surface area contributed by atoms with Gasteiger partial charge in [-0.05, 0) is 48.7 Å². The van der Waals surface area contributed by atoms with E-state index in [1.165, 1.54) is 0 Å². The molecule has 0 radical (unpaired) electrons. The zero-order chi connectivity index (χ0) is 18.2. The van der Waals surface area contributed by atoms with Crippen LogP contribution in [0.2, 0.25) is 5.02 Å². The average Bonchev–Trinajstić information content (AvgIpc) is 2.58. The molecule has 2 aromatic carbocycles. The Morgan fingerprint density at radius 1 is 1.00 bits per heavy atom. The Balaban J connectivity index is 1.69. The van der Waals surface area contributed by atoms with Crippen molar-refractivity contribution in [1.29, 1.82) is 0 Å². The lowest BCUT2D eigenvalue weighted by Gasteiger charge is -2.11. The average molecular weight is 361 g/mol. The summed E-state index contributed by atoms with van der Waals surface area (Å²) in [4.78, 5) is 23.6. The van der Waals surface area contributed by atoms with E-state index in [-0.39, 0.29) is 31.3 Å². The summed E-state index contributed by atoms with van der Waals surface area (Å²) in [7, 11) is 0. The summed E-state index contributed by atoms with van der Waals surface area (Å²) in [6.45, 7) is 4.17. The molecule has 2 N–H and O–H groups in total. The van der Waals surface area contributed by atoms with Gasteiger partial charge in [0.25, 0.3) is 0 Å². The first-order valence-corrected chi connectivity index (χ1v) is 8.34. The van der Waals surface area contributed by atoms with Gasteiger partial charge in [0.1, 0.15) is 5.75 Å². The number of rotatable bonds is 6. The Morgan fingerprint density at radius 3 is 2.40 bits per heavy atom. The van der Waals surface area contributed by atoms with Crippen LogP contribution in [-0.4, -0.2) is 18.4 Å². The van der Waals surface area contributed by atoms with Gasteiger partial charge in [-0.15, -0.1) is 0 Å². The van der Waals surface area contributed by atoms with Crippen LogP contribution in [0.4, 0.5) is 0 Å². The smallest absolute Gasteiger partial charge is 0.242 e. The second-order valence-corrected chi connectivity index (χ2v) is 6.20. The summed E-state index contributed by atoms with van der Waals surface area (Å²) in [6, 6.07) is 12.9. The third-order valence-corrected chi connectivity index (χ3v) is 3.80. The van der Waals surface area contributed by atoms with E-state index in [1.807, 2.05) is 32.0 Å². The van der Waals surface area contributed by atoms with Crippen molar-refractivity contribution in [2.24, 2.45) is 0 Å². The third-order valence-electron chi connectivity index (χ3n) is 3.55.